The number of aryl methyl sites for hydroxylation is 3. The number of carbonyl (C=O) groups is 2. The highest BCUT2D eigenvalue weighted by Crippen LogP contribution is 2.34. The first-order chi connectivity index (χ1) is 19.1. The van der Waals surface area contributed by atoms with Crippen molar-refractivity contribution in [3.63, 3.8) is 0 Å². The van der Waals surface area contributed by atoms with Gasteiger partial charge < -0.3 is 15.0 Å². The Hall–Kier alpha value is -3.85. The monoisotopic (exact) mass is 579 g/mol. The Labute approximate surface area is 244 Å². The lowest BCUT2D eigenvalue weighted by Crippen LogP contribution is -2.54. The van der Waals surface area contributed by atoms with Gasteiger partial charge in [0.15, 0.2) is 0 Å². The third-order valence-electron chi connectivity index (χ3n) is 6.63. The van der Waals surface area contributed by atoms with E-state index in [1.54, 1.807) is 31.2 Å². The van der Waals surface area contributed by atoms with Gasteiger partial charge in [-0.2, -0.15) is 0 Å². The molecular formula is C32H41N3O5S. The van der Waals surface area contributed by atoms with Gasteiger partial charge in [-0.05, 0) is 83.9 Å². The summed E-state index contributed by atoms with van der Waals surface area (Å²) in [7, 11) is -2.74. The fraction of sp³-hybridized carbons (Fsp3) is 0.375. The number of benzene rings is 3. The van der Waals surface area contributed by atoms with Gasteiger partial charge in [-0.15, -0.1) is 0 Å². The minimum atomic E-state index is -4.20. The van der Waals surface area contributed by atoms with E-state index in [9.17, 15) is 18.0 Å². The van der Waals surface area contributed by atoms with Crippen molar-refractivity contribution in [2.24, 2.45) is 0 Å². The molecule has 9 heteroatoms. The predicted octanol–water partition coefficient (Wildman–Crippen LogP) is 5.15. The van der Waals surface area contributed by atoms with E-state index in [1.165, 1.54) is 24.1 Å². The standard InChI is InChI=1S/C32H41N3O5S/c1-22-9-14-26(15-10-22)20-34(25(4)31(37)33-32(5,6)7)30(36)21-35(28-19-24(3)13-18-29(28)40-8)41(38,39)27-16-11-23(2)12-17-27/h9-19,25H,20-21H2,1-8H3,(H,33,37)/t25-/m1/s1. The summed E-state index contributed by atoms with van der Waals surface area (Å²) in [6.45, 7) is 12.5. The second-order valence-corrected chi connectivity index (χ2v) is 13.3. The average Bonchev–Trinajstić information content (AvgIpc) is 2.90. The van der Waals surface area contributed by atoms with Crippen molar-refractivity contribution >= 4 is 27.5 Å². The van der Waals surface area contributed by atoms with Gasteiger partial charge >= 0.3 is 0 Å². The highest BCUT2D eigenvalue weighted by atomic mass is 32.2. The molecule has 0 aliphatic carbocycles. The zero-order chi connectivity index (χ0) is 30.5. The first-order valence-corrected chi connectivity index (χ1v) is 15.0. The number of nitrogens with zero attached hydrogens (tertiary/aromatic N) is 2. The summed E-state index contributed by atoms with van der Waals surface area (Å²) >= 11 is 0. The van der Waals surface area contributed by atoms with Crippen LogP contribution in [0, 0.1) is 20.8 Å². The lowest BCUT2D eigenvalue weighted by molar-refractivity contribution is -0.140. The zero-order valence-corrected chi connectivity index (χ0v) is 26.0. The van der Waals surface area contributed by atoms with Crippen molar-refractivity contribution in [3.8, 4) is 5.75 Å². The molecule has 0 saturated carbocycles. The number of methoxy groups -OCH3 is 1. The van der Waals surface area contributed by atoms with Gasteiger partial charge in [-0.3, -0.25) is 13.9 Å². The molecule has 0 unspecified atom stereocenters. The Balaban J connectivity index is 2.10. The summed E-state index contributed by atoms with van der Waals surface area (Å²) in [6, 6.07) is 18.4. The molecule has 0 aliphatic heterocycles. The molecule has 1 atom stereocenters. The fourth-order valence-electron chi connectivity index (χ4n) is 4.29. The molecule has 0 aliphatic rings. The summed E-state index contributed by atoms with van der Waals surface area (Å²) < 4.78 is 34.8. The lowest BCUT2D eigenvalue weighted by Gasteiger charge is -2.34. The van der Waals surface area contributed by atoms with Crippen LogP contribution in [0.1, 0.15) is 49.9 Å². The molecule has 0 radical (unpaired) electrons. The van der Waals surface area contributed by atoms with E-state index in [1.807, 2.05) is 71.9 Å². The van der Waals surface area contributed by atoms with Crippen LogP contribution in [0.4, 0.5) is 5.69 Å². The van der Waals surface area contributed by atoms with E-state index in [0.717, 1.165) is 26.6 Å². The molecule has 0 spiro atoms. The summed E-state index contributed by atoms with van der Waals surface area (Å²) in [6.07, 6.45) is 0. The third kappa shape index (κ3) is 8.10. The molecule has 0 fully saturated rings. The van der Waals surface area contributed by atoms with Gasteiger partial charge in [0.25, 0.3) is 10.0 Å². The van der Waals surface area contributed by atoms with Crippen LogP contribution in [0.15, 0.2) is 71.6 Å². The molecule has 3 rings (SSSR count). The van der Waals surface area contributed by atoms with Gasteiger partial charge in [0.05, 0.1) is 17.7 Å². The van der Waals surface area contributed by atoms with Crippen LogP contribution in [0.2, 0.25) is 0 Å². The lowest BCUT2D eigenvalue weighted by atomic mass is 10.1. The smallest absolute Gasteiger partial charge is 0.264 e. The molecular weight excluding hydrogens is 538 g/mol. The van der Waals surface area contributed by atoms with Crippen molar-refractivity contribution < 1.29 is 22.7 Å². The van der Waals surface area contributed by atoms with Gasteiger partial charge in [-0.25, -0.2) is 8.42 Å². The summed E-state index contributed by atoms with van der Waals surface area (Å²) in [5, 5.41) is 2.94. The minimum Gasteiger partial charge on any atom is -0.495 e. The van der Waals surface area contributed by atoms with Crippen LogP contribution in [0.3, 0.4) is 0 Å². The number of amides is 2. The highest BCUT2D eigenvalue weighted by molar-refractivity contribution is 7.92. The van der Waals surface area contributed by atoms with Crippen LogP contribution in [0.5, 0.6) is 5.75 Å². The molecule has 3 aromatic carbocycles. The van der Waals surface area contributed by atoms with E-state index < -0.39 is 34.1 Å². The SMILES string of the molecule is COc1ccc(C)cc1N(CC(=O)N(Cc1ccc(C)cc1)[C@H](C)C(=O)NC(C)(C)C)S(=O)(=O)c1ccc(C)cc1. The summed E-state index contributed by atoms with van der Waals surface area (Å²) in [5.41, 5.74) is 3.31. The largest absolute Gasteiger partial charge is 0.495 e. The fourth-order valence-corrected chi connectivity index (χ4v) is 5.71. The highest BCUT2D eigenvalue weighted by Gasteiger charge is 2.34. The maximum absolute atomic E-state index is 14.1. The quantitative estimate of drug-likeness (QED) is 0.359. The van der Waals surface area contributed by atoms with Crippen LogP contribution in [-0.2, 0) is 26.2 Å². The van der Waals surface area contributed by atoms with Crippen molar-refractivity contribution in [1.29, 1.82) is 0 Å². The van der Waals surface area contributed by atoms with Gasteiger partial charge in [0.1, 0.15) is 18.3 Å². The van der Waals surface area contributed by atoms with Crippen molar-refractivity contribution in [2.45, 2.75) is 71.5 Å². The first-order valence-electron chi connectivity index (χ1n) is 13.5. The second kappa shape index (κ2) is 12.8. The molecule has 0 aromatic heterocycles. The molecule has 0 saturated heterocycles. The van der Waals surface area contributed by atoms with Crippen LogP contribution < -0.4 is 14.4 Å². The molecule has 2 amide bonds. The van der Waals surface area contributed by atoms with Crippen molar-refractivity contribution in [1.82, 2.24) is 10.2 Å². The Morgan fingerprint density at radius 1 is 0.878 bits per heavy atom. The summed E-state index contributed by atoms with van der Waals surface area (Å²) in [5.74, 6) is -0.553. The molecule has 0 bridgehead atoms. The molecule has 8 nitrogen and oxygen atoms in total. The summed E-state index contributed by atoms with van der Waals surface area (Å²) in [4.78, 5) is 28.8. The second-order valence-electron chi connectivity index (χ2n) is 11.4. The number of rotatable bonds is 10. The van der Waals surface area contributed by atoms with Gasteiger partial charge in [0, 0.05) is 12.1 Å². The average molecular weight is 580 g/mol. The number of anilines is 1. The van der Waals surface area contributed by atoms with Gasteiger partial charge in [0.2, 0.25) is 11.8 Å². The number of hydrogen-bond acceptors (Lipinski definition) is 5. The Bertz CT molecular complexity index is 1480. The van der Waals surface area contributed by atoms with Crippen LogP contribution in [-0.4, -0.2) is 50.4 Å². The minimum absolute atomic E-state index is 0.0445. The van der Waals surface area contributed by atoms with E-state index in [0.29, 0.717) is 5.75 Å². The predicted molar refractivity (Wildman–Crippen MR) is 163 cm³/mol. The molecule has 1 N–H and O–H groups in total. The Morgan fingerprint density at radius 3 is 1.95 bits per heavy atom. The van der Waals surface area contributed by atoms with Crippen LogP contribution in [0.25, 0.3) is 0 Å². The van der Waals surface area contributed by atoms with Crippen molar-refractivity contribution in [3.05, 3.63) is 89.0 Å². The van der Waals surface area contributed by atoms with E-state index >= 15 is 0 Å². The van der Waals surface area contributed by atoms with E-state index in [2.05, 4.69) is 5.32 Å². The van der Waals surface area contributed by atoms with Crippen LogP contribution >= 0.6 is 0 Å². The Kier molecular flexibility index (Phi) is 9.86. The third-order valence-corrected chi connectivity index (χ3v) is 8.40. The Morgan fingerprint density at radius 2 is 1.41 bits per heavy atom. The number of ether oxygens (including phenoxy) is 1. The molecule has 220 valence electrons. The van der Waals surface area contributed by atoms with Crippen molar-refractivity contribution in [2.75, 3.05) is 18.0 Å². The number of carbonyl (C=O) groups excluding carboxylic acids is 2. The number of sulfonamides is 1. The topological polar surface area (TPSA) is 96.0 Å². The number of nitrogens with one attached hydrogen (secondary N) is 1. The van der Waals surface area contributed by atoms with E-state index in [-0.39, 0.29) is 23.0 Å². The zero-order valence-electron chi connectivity index (χ0n) is 25.2. The molecule has 3 aromatic rings. The van der Waals surface area contributed by atoms with Gasteiger partial charge in [-0.1, -0.05) is 53.6 Å². The first kappa shape index (κ1) is 31.7. The normalized spacial score (nSPS) is 12.4. The number of hydrogen-bond donors (Lipinski definition) is 1. The molecule has 41 heavy (non-hydrogen) atoms. The van der Waals surface area contributed by atoms with E-state index in [4.69, 9.17) is 4.74 Å². The maximum Gasteiger partial charge on any atom is 0.264 e. The molecule has 0 heterocycles. The maximum atomic E-state index is 14.1.